The van der Waals surface area contributed by atoms with Gasteiger partial charge in [0, 0.05) is 11.1 Å². The molecule has 0 amide bonds. The highest BCUT2D eigenvalue weighted by Gasteiger charge is 2.15. The van der Waals surface area contributed by atoms with E-state index in [1.807, 2.05) is 60.7 Å². The highest BCUT2D eigenvalue weighted by Crippen LogP contribution is 2.26. The Morgan fingerprint density at radius 3 is 1.58 bits per heavy atom. The maximum absolute atomic E-state index is 14.3. The van der Waals surface area contributed by atoms with Crippen LogP contribution in [0.1, 0.15) is 0 Å². The number of hydrogen-bond acceptors (Lipinski definition) is 3. The van der Waals surface area contributed by atoms with Gasteiger partial charge in [0.05, 0.1) is 5.56 Å². The predicted molar refractivity (Wildman–Crippen MR) is 96.1 cm³/mol. The minimum Gasteiger partial charge on any atom is -0.208 e. The van der Waals surface area contributed by atoms with Crippen LogP contribution in [0.2, 0.25) is 0 Å². The van der Waals surface area contributed by atoms with E-state index in [2.05, 4.69) is 15.0 Å². The van der Waals surface area contributed by atoms with E-state index in [0.29, 0.717) is 11.6 Å². The third kappa shape index (κ3) is 3.19. The summed E-state index contributed by atoms with van der Waals surface area (Å²) in [7, 11) is 0. The number of hydrogen-bond donors (Lipinski definition) is 0. The molecule has 0 spiro atoms. The van der Waals surface area contributed by atoms with Crippen molar-refractivity contribution in [2.75, 3.05) is 0 Å². The van der Waals surface area contributed by atoms with Crippen LogP contribution >= 0.6 is 0 Å². The van der Waals surface area contributed by atoms with Crippen molar-refractivity contribution in [1.82, 2.24) is 15.0 Å². The van der Waals surface area contributed by atoms with E-state index < -0.39 is 11.6 Å². The summed E-state index contributed by atoms with van der Waals surface area (Å²) in [6, 6.07) is 21.9. The molecule has 5 heteroatoms. The van der Waals surface area contributed by atoms with E-state index in [9.17, 15) is 8.78 Å². The minimum atomic E-state index is -0.587. The summed E-state index contributed by atoms with van der Waals surface area (Å²) in [5.41, 5.74) is 1.54. The highest BCUT2D eigenvalue weighted by molar-refractivity contribution is 5.66. The summed E-state index contributed by atoms with van der Waals surface area (Å²) in [4.78, 5) is 13.3. The van der Waals surface area contributed by atoms with Gasteiger partial charge in [0.2, 0.25) is 0 Å². The van der Waals surface area contributed by atoms with Gasteiger partial charge in [-0.2, -0.15) is 0 Å². The summed E-state index contributed by atoms with van der Waals surface area (Å²) in [6.45, 7) is 0. The molecule has 0 aliphatic heterocycles. The Balaban J connectivity index is 1.95. The first-order valence-corrected chi connectivity index (χ1v) is 8.03. The fourth-order valence-corrected chi connectivity index (χ4v) is 2.60. The summed E-state index contributed by atoms with van der Waals surface area (Å²) in [5, 5.41) is 0. The second-order valence-electron chi connectivity index (χ2n) is 5.66. The molecule has 4 rings (SSSR count). The van der Waals surface area contributed by atoms with Crippen molar-refractivity contribution in [3.05, 3.63) is 90.5 Å². The topological polar surface area (TPSA) is 38.7 Å². The van der Waals surface area contributed by atoms with E-state index in [4.69, 9.17) is 0 Å². The lowest BCUT2D eigenvalue weighted by Crippen LogP contribution is -2.01. The summed E-state index contributed by atoms with van der Waals surface area (Å²) in [5.74, 6) is -0.245. The SMILES string of the molecule is Fc1ccc(F)c(-c2nc(-c3ccccc3)nc(-c3ccccc3)n2)c1. The molecule has 0 radical (unpaired) electrons. The standard InChI is InChI=1S/C21H13F2N3/c22-16-11-12-18(23)17(13-16)21-25-19(14-7-3-1-4-8-14)24-20(26-21)15-9-5-2-6-10-15/h1-13H. The molecule has 0 unspecified atom stereocenters. The molecule has 0 bridgehead atoms. The van der Waals surface area contributed by atoms with E-state index in [-0.39, 0.29) is 11.4 Å². The first-order chi connectivity index (χ1) is 12.7. The van der Waals surface area contributed by atoms with Gasteiger partial charge in [0.15, 0.2) is 17.5 Å². The molecule has 4 aromatic rings. The van der Waals surface area contributed by atoms with Crippen LogP contribution in [0.3, 0.4) is 0 Å². The van der Waals surface area contributed by atoms with Gasteiger partial charge in [-0.15, -0.1) is 0 Å². The van der Waals surface area contributed by atoms with Gasteiger partial charge in [-0.3, -0.25) is 0 Å². The zero-order valence-corrected chi connectivity index (χ0v) is 13.6. The van der Waals surface area contributed by atoms with Crippen molar-refractivity contribution in [3.63, 3.8) is 0 Å². The van der Waals surface area contributed by atoms with E-state index in [1.165, 1.54) is 0 Å². The van der Waals surface area contributed by atoms with Crippen LogP contribution in [0.4, 0.5) is 8.78 Å². The number of halogens is 2. The summed E-state index contributed by atoms with van der Waals surface area (Å²) in [6.07, 6.45) is 0. The molecule has 0 atom stereocenters. The zero-order chi connectivity index (χ0) is 17.9. The van der Waals surface area contributed by atoms with Crippen LogP contribution in [-0.2, 0) is 0 Å². The summed E-state index contributed by atoms with van der Waals surface area (Å²) < 4.78 is 27.9. The smallest absolute Gasteiger partial charge is 0.167 e. The molecule has 26 heavy (non-hydrogen) atoms. The molecule has 0 aliphatic carbocycles. The fraction of sp³-hybridized carbons (Fsp3) is 0. The Bertz CT molecular complexity index is 994. The van der Waals surface area contributed by atoms with E-state index >= 15 is 0 Å². The van der Waals surface area contributed by atoms with Gasteiger partial charge in [-0.25, -0.2) is 23.7 Å². The van der Waals surface area contributed by atoms with Crippen molar-refractivity contribution < 1.29 is 8.78 Å². The second kappa shape index (κ2) is 6.80. The average Bonchev–Trinajstić information content (AvgIpc) is 2.71. The Morgan fingerprint density at radius 2 is 1.04 bits per heavy atom. The van der Waals surface area contributed by atoms with Gasteiger partial charge in [-0.05, 0) is 18.2 Å². The molecule has 126 valence electrons. The molecular formula is C21H13F2N3. The van der Waals surface area contributed by atoms with Crippen molar-refractivity contribution in [2.24, 2.45) is 0 Å². The van der Waals surface area contributed by atoms with Crippen molar-refractivity contribution >= 4 is 0 Å². The first-order valence-electron chi connectivity index (χ1n) is 8.03. The van der Waals surface area contributed by atoms with Gasteiger partial charge in [0.25, 0.3) is 0 Å². The highest BCUT2D eigenvalue weighted by atomic mass is 19.1. The van der Waals surface area contributed by atoms with Crippen LogP contribution in [0.15, 0.2) is 78.9 Å². The van der Waals surface area contributed by atoms with Gasteiger partial charge < -0.3 is 0 Å². The van der Waals surface area contributed by atoms with Crippen LogP contribution in [0.5, 0.6) is 0 Å². The van der Waals surface area contributed by atoms with Crippen LogP contribution < -0.4 is 0 Å². The molecule has 0 N–H and O–H groups in total. The zero-order valence-electron chi connectivity index (χ0n) is 13.6. The summed E-state index contributed by atoms with van der Waals surface area (Å²) >= 11 is 0. The lowest BCUT2D eigenvalue weighted by atomic mass is 10.1. The Hall–Kier alpha value is -3.47. The fourth-order valence-electron chi connectivity index (χ4n) is 2.60. The molecule has 0 aliphatic rings. The molecular weight excluding hydrogens is 332 g/mol. The Kier molecular flexibility index (Phi) is 4.19. The predicted octanol–water partition coefficient (Wildman–Crippen LogP) is 5.15. The van der Waals surface area contributed by atoms with Crippen molar-refractivity contribution in [2.45, 2.75) is 0 Å². The Morgan fingerprint density at radius 1 is 0.538 bits per heavy atom. The minimum absolute atomic E-state index is 0.00163. The van der Waals surface area contributed by atoms with Crippen LogP contribution in [0, 0.1) is 11.6 Å². The van der Waals surface area contributed by atoms with E-state index in [1.54, 1.807) is 0 Å². The maximum Gasteiger partial charge on any atom is 0.167 e. The van der Waals surface area contributed by atoms with Crippen molar-refractivity contribution in [3.8, 4) is 34.2 Å². The Labute approximate surface area is 149 Å². The number of rotatable bonds is 3. The largest absolute Gasteiger partial charge is 0.208 e. The first kappa shape index (κ1) is 16.0. The lowest BCUT2D eigenvalue weighted by molar-refractivity contribution is 0.602. The van der Waals surface area contributed by atoms with Gasteiger partial charge in [-0.1, -0.05) is 60.7 Å². The monoisotopic (exact) mass is 345 g/mol. The van der Waals surface area contributed by atoms with E-state index in [0.717, 1.165) is 29.3 Å². The average molecular weight is 345 g/mol. The molecule has 3 nitrogen and oxygen atoms in total. The third-order valence-corrected chi connectivity index (χ3v) is 3.87. The second-order valence-corrected chi connectivity index (χ2v) is 5.66. The molecule has 1 aromatic heterocycles. The third-order valence-electron chi connectivity index (χ3n) is 3.87. The number of aromatic nitrogens is 3. The molecule has 3 aromatic carbocycles. The van der Waals surface area contributed by atoms with Gasteiger partial charge in [0.1, 0.15) is 11.6 Å². The lowest BCUT2D eigenvalue weighted by Gasteiger charge is -2.09. The number of benzene rings is 3. The van der Waals surface area contributed by atoms with Gasteiger partial charge >= 0.3 is 0 Å². The van der Waals surface area contributed by atoms with Crippen LogP contribution in [0.25, 0.3) is 34.2 Å². The van der Waals surface area contributed by atoms with Crippen LogP contribution in [-0.4, -0.2) is 15.0 Å². The molecule has 1 heterocycles. The maximum atomic E-state index is 14.3. The number of nitrogens with zero attached hydrogens (tertiary/aromatic N) is 3. The molecule has 0 fully saturated rings. The van der Waals surface area contributed by atoms with Crippen molar-refractivity contribution in [1.29, 1.82) is 0 Å². The normalized spacial score (nSPS) is 10.7. The molecule has 0 saturated carbocycles. The molecule has 0 saturated heterocycles. The quantitative estimate of drug-likeness (QED) is 0.515.